The molecule has 0 saturated heterocycles. The first-order chi connectivity index (χ1) is 5.64. The van der Waals surface area contributed by atoms with Crippen LogP contribution in [-0.4, -0.2) is 11.6 Å². The molecule has 66 valence electrons. The monoisotopic (exact) mass is 166 g/mol. The fourth-order valence-corrected chi connectivity index (χ4v) is 2.45. The Morgan fingerprint density at radius 1 is 1.67 bits per heavy atom. The molecule has 2 unspecified atom stereocenters. The van der Waals surface area contributed by atoms with E-state index in [0.717, 1.165) is 25.7 Å². The number of hydrogen-bond donors (Lipinski definition) is 0. The maximum atomic E-state index is 11.2. The van der Waals surface area contributed by atoms with Crippen molar-refractivity contribution in [2.45, 2.75) is 39.0 Å². The molecule has 2 saturated carbocycles. The molecule has 0 aromatic rings. The van der Waals surface area contributed by atoms with Gasteiger partial charge in [0.25, 0.3) is 0 Å². The van der Waals surface area contributed by atoms with Crippen LogP contribution in [0.3, 0.4) is 0 Å². The average molecular weight is 166 g/mol. The van der Waals surface area contributed by atoms with E-state index < -0.39 is 0 Å². The van der Waals surface area contributed by atoms with Crippen molar-refractivity contribution in [3.63, 3.8) is 0 Å². The zero-order chi connectivity index (χ0) is 8.77. The Balaban J connectivity index is 1.90. The van der Waals surface area contributed by atoms with Crippen LogP contribution in [0.25, 0.3) is 0 Å². The number of Topliss-reactive ketones (excluding diaryl/α,β-unsaturated/α-hetero) is 2. The van der Waals surface area contributed by atoms with Gasteiger partial charge in [-0.2, -0.15) is 0 Å². The van der Waals surface area contributed by atoms with E-state index >= 15 is 0 Å². The topological polar surface area (TPSA) is 34.1 Å². The maximum Gasteiger partial charge on any atom is 0.136 e. The molecule has 0 bridgehead atoms. The maximum absolute atomic E-state index is 11.2. The normalized spacial score (nSPS) is 38.1. The molecule has 2 aliphatic carbocycles. The molecular weight excluding hydrogens is 152 g/mol. The Morgan fingerprint density at radius 2 is 2.42 bits per heavy atom. The Morgan fingerprint density at radius 3 is 2.83 bits per heavy atom. The summed E-state index contributed by atoms with van der Waals surface area (Å²) in [5.41, 5.74) is 0.294. The molecule has 0 N–H and O–H groups in total. The second-order valence-electron chi connectivity index (χ2n) is 4.29. The van der Waals surface area contributed by atoms with Crippen LogP contribution in [0.1, 0.15) is 39.0 Å². The van der Waals surface area contributed by atoms with E-state index in [9.17, 15) is 9.59 Å². The van der Waals surface area contributed by atoms with Crippen molar-refractivity contribution < 1.29 is 9.59 Å². The van der Waals surface area contributed by atoms with Crippen molar-refractivity contribution in [3.8, 4) is 0 Å². The second-order valence-corrected chi connectivity index (χ2v) is 4.29. The summed E-state index contributed by atoms with van der Waals surface area (Å²) in [4.78, 5) is 21.9. The van der Waals surface area contributed by atoms with Gasteiger partial charge in [0.1, 0.15) is 11.6 Å². The van der Waals surface area contributed by atoms with Crippen LogP contribution in [0, 0.1) is 11.3 Å². The molecule has 0 heterocycles. The number of carbonyl (C=O) groups is 2. The van der Waals surface area contributed by atoms with Crippen molar-refractivity contribution in [2.75, 3.05) is 0 Å². The minimum atomic E-state index is 0.259. The fourth-order valence-electron chi connectivity index (χ4n) is 2.45. The van der Waals surface area contributed by atoms with E-state index in [1.54, 1.807) is 6.92 Å². The summed E-state index contributed by atoms with van der Waals surface area (Å²) in [6.07, 6.45) is 4.51. The standard InChI is InChI=1S/C10H14O2/c1-7(11)2-4-10-5-3-9(12)8(10)6-10/h8H,2-6H2,1H3. The van der Waals surface area contributed by atoms with E-state index in [-0.39, 0.29) is 5.78 Å². The molecule has 2 rings (SSSR count). The van der Waals surface area contributed by atoms with Crippen LogP contribution in [0.5, 0.6) is 0 Å². The third kappa shape index (κ3) is 1.10. The number of rotatable bonds is 3. The van der Waals surface area contributed by atoms with Crippen molar-refractivity contribution in [1.82, 2.24) is 0 Å². The van der Waals surface area contributed by atoms with Crippen LogP contribution >= 0.6 is 0 Å². The number of hydrogen-bond acceptors (Lipinski definition) is 2. The summed E-state index contributed by atoms with van der Waals surface area (Å²) in [6, 6.07) is 0. The highest BCUT2D eigenvalue weighted by Crippen LogP contribution is 2.64. The van der Waals surface area contributed by atoms with E-state index in [2.05, 4.69) is 0 Å². The van der Waals surface area contributed by atoms with Crippen LogP contribution in [-0.2, 0) is 9.59 Å². The highest BCUT2D eigenvalue weighted by atomic mass is 16.1. The van der Waals surface area contributed by atoms with Gasteiger partial charge in [-0.3, -0.25) is 4.79 Å². The molecule has 2 nitrogen and oxygen atoms in total. The van der Waals surface area contributed by atoms with E-state index in [0.29, 0.717) is 23.5 Å². The van der Waals surface area contributed by atoms with Gasteiger partial charge in [0.05, 0.1) is 0 Å². The summed E-state index contributed by atoms with van der Waals surface area (Å²) in [6.45, 7) is 1.63. The third-order valence-electron chi connectivity index (χ3n) is 3.42. The fraction of sp³-hybridized carbons (Fsp3) is 0.800. The van der Waals surface area contributed by atoms with Gasteiger partial charge < -0.3 is 4.79 Å². The van der Waals surface area contributed by atoms with Gasteiger partial charge in [-0.1, -0.05) is 0 Å². The SMILES string of the molecule is CC(=O)CCC12CCC(=O)C1C2. The Bertz CT molecular complexity index is 244. The lowest BCUT2D eigenvalue weighted by molar-refractivity contribution is -0.119. The van der Waals surface area contributed by atoms with Gasteiger partial charge >= 0.3 is 0 Å². The van der Waals surface area contributed by atoms with Gasteiger partial charge in [0.2, 0.25) is 0 Å². The molecule has 2 fully saturated rings. The number of carbonyl (C=O) groups excluding carboxylic acids is 2. The first-order valence-corrected chi connectivity index (χ1v) is 4.66. The summed E-state index contributed by atoms with van der Waals surface area (Å²) in [5, 5.41) is 0. The lowest BCUT2D eigenvalue weighted by Crippen LogP contribution is -2.02. The van der Waals surface area contributed by atoms with Crippen molar-refractivity contribution in [1.29, 1.82) is 0 Å². The largest absolute Gasteiger partial charge is 0.300 e. The van der Waals surface area contributed by atoms with Gasteiger partial charge in [-0.25, -0.2) is 0 Å². The summed E-state index contributed by atoms with van der Waals surface area (Å²) >= 11 is 0. The van der Waals surface area contributed by atoms with Crippen LogP contribution < -0.4 is 0 Å². The van der Waals surface area contributed by atoms with Crippen molar-refractivity contribution in [2.24, 2.45) is 11.3 Å². The number of fused-ring (bicyclic) bond motifs is 1. The number of ketones is 2. The predicted octanol–water partition coefficient (Wildman–Crippen LogP) is 1.72. The molecular formula is C10H14O2. The highest BCUT2D eigenvalue weighted by molar-refractivity contribution is 5.88. The van der Waals surface area contributed by atoms with E-state index in [1.165, 1.54) is 0 Å². The zero-order valence-electron chi connectivity index (χ0n) is 7.43. The minimum Gasteiger partial charge on any atom is -0.300 e. The molecule has 2 atom stereocenters. The highest BCUT2D eigenvalue weighted by Gasteiger charge is 2.60. The first kappa shape index (κ1) is 7.96. The quantitative estimate of drug-likeness (QED) is 0.639. The average Bonchev–Trinajstić information content (AvgIpc) is 2.66. The summed E-state index contributed by atoms with van der Waals surface area (Å²) in [5.74, 6) is 1.05. The first-order valence-electron chi connectivity index (χ1n) is 4.66. The molecule has 0 radical (unpaired) electrons. The summed E-state index contributed by atoms with van der Waals surface area (Å²) in [7, 11) is 0. The second kappa shape index (κ2) is 2.41. The van der Waals surface area contributed by atoms with Crippen molar-refractivity contribution >= 4 is 11.6 Å². The Kier molecular flexibility index (Phi) is 1.60. The predicted molar refractivity (Wildman–Crippen MR) is 44.7 cm³/mol. The van der Waals surface area contributed by atoms with Crippen LogP contribution in [0.15, 0.2) is 0 Å². The lowest BCUT2D eigenvalue weighted by atomic mass is 9.96. The lowest BCUT2D eigenvalue weighted by Gasteiger charge is -2.07. The molecule has 2 heteroatoms. The Labute approximate surface area is 72.3 Å². The molecule has 12 heavy (non-hydrogen) atoms. The van der Waals surface area contributed by atoms with E-state index in [4.69, 9.17) is 0 Å². The molecule has 0 amide bonds. The van der Waals surface area contributed by atoms with Crippen LogP contribution in [0.4, 0.5) is 0 Å². The van der Waals surface area contributed by atoms with Gasteiger partial charge in [-0.15, -0.1) is 0 Å². The molecule has 0 aromatic carbocycles. The molecule has 2 aliphatic rings. The van der Waals surface area contributed by atoms with Crippen molar-refractivity contribution in [3.05, 3.63) is 0 Å². The summed E-state index contributed by atoms with van der Waals surface area (Å²) < 4.78 is 0. The van der Waals surface area contributed by atoms with Gasteiger partial charge in [-0.05, 0) is 31.6 Å². The Hall–Kier alpha value is -0.660. The smallest absolute Gasteiger partial charge is 0.136 e. The minimum absolute atomic E-state index is 0.259. The van der Waals surface area contributed by atoms with Gasteiger partial charge in [0.15, 0.2) is 0 Å². The molecule has 0 aromatic heterocycles. The zero-order valence-corrected chi connectivity index (χ0v) is 7.43. The molecule has 0 aliphatic heterocycles. The van der Waals surface area contributed by atoms with Gasteiger partial charge in [0, 0.05) is 18.8 Å². The molecule has 0 spiro atoms. The van der Waals surface area contributed by atoms with E-state index in [1.807, 2.05) is 0 Å². The third-order valence-corrected chi connectivity index (χ3v) is 3.42. The van der Waals surface area contributed by atoms with Crippen LogP contribution in [0.2, 0.25) is 0 Å².